The lowest BCUT2D eigenvalue weighted by Gasteiger charge is -2.18. The van der Waals surface area contributed by atoms with Crippen LogP contribution >= 0.6 is 11.6 Å². The molecule has 27 heavy (non-hydrogen) atoms. The Balaban J connectivity index is 1.50. The van der Waals surface area contributed by atoms with Gasteiger partial charge in [-0.05, 0) is 24.6 Å². The van der Waals surface area contributed by atoms with Crippen LogP contribution in [0.1, 0.15) is 22.8 Å². The number of rotatable bonds is 4. The fourth-order valence-electron chi connectivity index (χ4n) is 3.36. The molecule has 7 heteroatoms. The molecule has 3 aromatic rings. The Labute approximate surface area is 162 Å². The van der Waals surface area contributed by atoms with E-state index in [0.29, 0.717) is 29.4 Å². The Morgan fingerprint density at radius 3 is 2.81 bits per heavy atom. The second-order valence-corrected chi connectivity index (χ2v) is 6.92. The standard InChI is InChI=1S/C20H19ClN4O2/c1-27-19-8-7-15(21)11-17(19)20(26)24-10-9-16(12-24)25-13-18(22-23-25)14-5-3-2-4-6-14/h2-8,11,13,16H,9-10,12H2,1H3. The van der Waals surface area contributed by atoms with E-state index in [-0.39, 0.29) is 11.9 Å². The van der Waals surface area contributed by atoms with E-state index in [0.717, 1.165) is 17.7 Å². The third kappa shape index (κ3) is 3.53. The van der Waals surface area contributed by atoms with Gasteiger partial charge in [-0.15, -0.1) is 5.10 Å². The SMILES string of the molecule is COc1ccc(Cl)cc1C(=O)N1CCC(n2cc(-c3ccccc3)nn2)C1. The van der Waals surface area contributed by atoms with Gasteiger partial charge in [0.05, 0.1) is 24.9 Å². The number of hydrogen-bond donors (Lipinski definition) is 0. The summed E-state index contributed by atoms with van der Waals surface area (Å²) in [5.74, 6) is 0.445. The number of amides is 1. The number of halogens is 1. The number of hydrogen-bond acceptors (Lipinski definition) is 4. The molecule has 1 aliphatic heterocycles. The molecular weight excluding hydrogens is 364 g/mol. The van der Waals surface area contributed by atoms with Crippen molar-refractivity contribution in [3.8, 4) is 17.0 Å². The van der Waals surface area contributed by atoms with Gasteiger partial charge in [0.25, 0.3) is 5.91 Å². The normalized spacial score (nSPS) is 16.5. The van der Waals surface area contributed by atoms with Crippen molar-refractivity contribution in [2.45, 2.75) is 12.5 Å². The molecule has 0 spiro atoms. The van der Waals surface area contributed by atoms with Crippen molar-refractivity contribution < 1.29 is 9.53 Å². The highest BCUT2D eigenvalue weighted by Gasteiger charge is 2.30. The summed E-state index contributed by atoms with van der Waals surface area (Å²) >= 11 is 6.06. The van der Waals surface area contributed by atoms with Crippen LogP contribution in [-0.2, 0) is 0 Å². The average Bonchev–Trinajstić information content (AvgIpc) is 3.37. The van der Waals surface area contributed by atoms with Crippen LogP contribution in [0.25, 0.3) is 11.3 Å². The van der Waals surface area contributed by atoms with E-state index in [1.54, 1.807) is 25.3 Å². The second kappa shape index (κ2) is 7.40. The molecule has 1 aliphatic rings. The quantitative estimate of drug-likeness (QED) is 0.690. The van der Waals surface area contributed by atoms with Gasteiger partial charge in [-0.25, -0.2) is 4.68 Å². The van der Waals surface area contributed by atoms with E-state index in [9.17, 15) is 4.79 Å². The van der Waals surface area contributed by atoms with Crippen LogP contribution in [0.15, 0.2) is 54.7 Å². The van der Waals surface area contributed by atoms with Gasteiger partial charge in [-0.3, -0.25) is 4.79 Å². The van der Waals surface area contributed by atoms with E-state index in [2.05, 4.69) is 10.3 Å². The molecule has 138 valence electrons. The molecule has 2 aromatic carbocycles. The van der Waals surface area contributed by atoms with Crippen LogP contribution in [0.3, 0.4) is 0 Å². The maximum Gasteiger partial charge on any atom is 0.257 e. The minimum Gasteiger partial charge on any atom is -0.496 e. The molecule has 0 saturated carbocycles. The Morgan fingerprint density at radius 1 is 1.22 bits per heavy atom. The first-order valence-corrected chi connectivity index (χ1v) is 9.13. The van der Waals surface area contributed by atoms with Gasteiger partial charge in [0.15, 0.2) is 0 Å². The summed E-state index contributed by atoms with van der Waals surface area (Å²) < 4.78 is 7.16. The Morgan fingerprint density at radius 2 is 2.04 bits per heavy atom. The highest BCUT2D eigenvalue weighted by atomic mass is 35.5. The summed E-state index contributed by atoms with van der Waals surface area (Å²) in [6, 6.07) is 15.1. The van der Waals surface area contributed by atoms with Crippen LogP contribution in [0, 0.1) is 0 Å². The van der Waals surface area contributed by atoms with Crippen molar-refractivity contribution >= 4 is 17.5 Å². The first-order valence-electron chi connectivity index (χ1n) is 8.76. The molecule has 0 aliphatic carbocycles. The molecule has 1 atom stereocenters. The van der Waals surface area contributed by atoms with Crippen LogP contribution in [0.4, 0.5) is 0 Å². The van der Waals surface area contributed by atoms with Crippen molar-refractivity contribution in [3.63, 3.8) is 0 Å². The third-order valence-electron chi connectivity index (χ3n) is 4.80. The van der Waals surface area contributed by atoms with Gasteiger partial charge in [0.1, 0.15) is 11.4 Å². The molecule has 1 amide bonds. The summed E-state index contributed by atoms with van der Waals surface area (Å²) in [5, 5.41) is 9.05. The van der Waals surface area contributed by atoms with Gasteiger partial charge in [-0.1, -0.05) is 47.1 Å². The number of likely N-dealkylation sites (tertiary alicyclic amines) is 1. The molecule has 1 unspecified atom stereocenters. The van der Waals surface area contributed by atoms with E-state index in [4.69, 9.17) is 16.3 Å². The Hall–Kier alpha value is -2.86. The molecule has 0 bridgehead atoms. The van der Waals surface area contributed by atoms with Crippen molar-refractivity contribution in [3.05, 3.63) is 65.3 Å². The first-order chi connectivity index (χ1) is 13.2. The molecule has 0 radical (unpaired) electrons. The molecule has 4 rings (SSSR count). The molecule has 0 N–H and O–H groups in total. The maximum absolute atomic E-state index is 12.9. The van der Waals surface area contributed by atoms with E-state index in [1.165, 1.54) is 0 Å². The minimum absolute atomic E-state index is 0.0831. The minimum atomic E-state index is -0.0831. The number of carbonyl (C=O) groups is 1. The van der Waals surface area contributed by atoms with Gasteiger partial charge >= 0.3 is 0 Å². The van der Waals surface area contributed by atoms with Crippen LogP contribution in [0.5, 0.6) is 5.75 Å². The molecule has 1 fully saturated rings. The van der Waals surface area contributed by atoms with Crippen molar-refractivity contribution in [2.24, 2.45) is 0 Å². The number of methoxy groups -OCH3 is 1. The predicted molar refractivity (Wildman–Crippen MR) is 103 cm³/mol. The van der Waals surface area contributed by atoms with E-state index >= 15 is 0 Å². The number of nitrogens with zero attached hydrogens (tertiary/aromatic N) is 4. The zero-order valence-electron chi connectivity index (χ0n) is 14.9. The van der Waals surface area contributed by atoms with Crippen molar-refractivity contribution in [1.29, 1.82) is 0 Å². The number of carbonyl (C=O) groups excluding carboxylic acids is 1. The molecule has 1 aromatic heterocycles. The summed E-state index contributed by atoms with van der Waals surface area (Å²) in [6.07, 6.45) is 2.76. The highest BCUT2D eigenvalue weighted by molar-refractivity contribution is 6.31. The Kier molecular flexibility index (Phi) is 4.81. The van der Waals surface area contributed by atoms with Crippen LogP contribution in [-0.4, -0.2) is 46.0 Å². The molecule has 6 nitrogen and oxygen atoms in total. The number of benzene rings is 2. The lowest BCUT2D eigenvalue weighted by atomic mass is 10.1. The van der Waals surface area contributed by atoms with Crippen molar-refractivity contribution in [1.82, 2.24) is 19.9 Å². The zero-order chi connectivity index (χ0) is 18.8. The third-order valence-corrected chi connectivity index (χ3v) is 5.03. The molecule has 2 heterocycles. The monoisotopic (exact) mass is 382 g/mol. The molecule has 1 saturated heterocycles. The van der Waals surface area contributed by atoms with E-state index < -0.39 is 0 Å². The second-order valence-electron chi connectivity index (χ2n) is 6.49. The average molecular weight is 383 g/mol. The highest BCUT2D eigenvalue weighted by Crippen LogP contribution is 2.28. The van der Waals surface area contributed by atoms with Crippen LogP contribution < -0.4 is 4.74 Å². The maximum atomic E-state index is 12.9. The van der Waals surface area contributed by atoms with Gasteiger partial charge in [0, 0.05) is 23.7 Å². The lowest BCUT2D eigenvalue weighted by Crippen LogP contribution is -2.29. The summed E-state index contributed by atoms with van der Waals surface area (Å²) in [6.45, 7) is 1.23. The summed E-state index contributed by atoms with van der Waals surface area (Å²) in [5.41, 5.74) is 2.34. The van der Waals surface area contributed by atoms with Gasteiger partial charge in [-0.2, -0.15) is 0 Å². The number of ether oxygens (including phenoxy) is 1. The largest absolute Gasteiger partial charge is 0.496 e. The predicted octanol–water partition coefficient (Wildman–Crippen LogP) is 3.69. The lowest BCUT2D eigenvalue weighted by molar-refractivity contribution is 0.0783. The summed E-state index contributed by atoms with van der Waals surface area (Å²) in [7, 11) is 1.55. The van der Waals surface area contributed by atoms with Crippen LogP contribution in [0.2, 0.25) is 5.02 Å². The summed E-state index contributed by atoms with van der Waals surface area (Å²) in [4.78, 5) is 14.7. The van der Waals surface area contributed by atoms with Gasteiger partial charge in [0.2, 0.25) is 0 Å². The smallest absolute Gasteiger partial charge is 0.257 e. The first kappa shape index (κ1) is 17.5. The van der Waals surface area contributed by atoms with E-state index in [1.807, 2.05) is 46.1 Å². The number of aromatic nitrogens is 3. The van der Waals surface area contributed by atoms with Gasteiger partial charge < -0.3 is 9.64 Å². The molecular formula is C20H19ClN4O2. The Bertz CT molecular complexity index is 958. The fraction of sp³-hybridized carbons (Fsp3) is 0.250. The van der Waals surface area contributed by atoms with Crippen molar-refractivity contribution in [2.75, 3.05) is 20.2 Å². The zero-order valence-corrected chi connectivity index (χ0v) is 15.6. The fourth-order valence-corrected chi connectivity index (χ4v) is 3.53. The topological polar surface area (TPSA) is 60.2 Å².